The Morgan fingerprint density at radius 3 is 2.55 bits per heavy atom. The maximum Gasteiger partial charge on any atom is 0.0818 e. The third kappa shape index (κ3) is 1.41. The van der Waals surface area contributed by atoms with Gasteiger partial charge in [0.05, 0.1) is 25.6 Å². The van der Waals surface area contributed by atoms with E-state index >= 15 is 0 Å². The average Bonchev–Trinajstić information content (AvgIpc) is 2.32. The maximum absolute atomic E-state index is 5.68. The molecule has 2 aliphatic rings. The molecular formula is C9H14O2. The van der Waals surface area contributed by atoms with E-state index in [4.69, 9.17) is 9.47 Å². The van der Waals surface area contributed by atoms with Crippen LogP contribution in [-0.2, 0) is 9.47 Å². The summed E-state index contributed by atoms with van der Waals surface area (Å²) >= 11 is 0. The van der Waals surface area contributed by atoms with Crippen molar-refractivity contribution in [2.45, 2.75) is 37.9 Å². The smallest absolute Gasteiger partial charge is 0.0818 e. The van der Waals surface area contributed by atoms with E-state index in [0.29, 0.717) is 12.2 Å². The molecule has 0 spiro atoms. The van der Waals surface area contributed by atoms with Gasteiger partial charge >= 0.3 is 0 Å². The van der Waals surface area contributed by atoms with Gasteiger partial charge in [0.15, 0.2) is 0 Å². The molecule has 62 valence electrons. The second-order valence-corrected chi connectivity index (χ2v) is 3.38. The molecule has 2 aliphatic heterocycles. The Hall–Kier alpha value is -0.500. The minimum Gasteiger partial charge on any atom is -0.504 e. The molecule has 2 bridgehead atoms. The lowest BCUT2D eigenvalue weighted by molar-refractivity contribution is 0.0243. The van der Waals surface area contributed by atoms with E-state index in [9.17, 15) is 0 Å². The SMILES string of the molecule is COC=C1C[C@H]2CC[C@@H](C1)O2. The van der Waals surface area contributed by atoms with Crippen LogP contribution in [0.1, 0.15) is 25.7 Å². The zero-order valence-electron chi connectivity index (χ0n) is 6.88. The molecule has 0 aromatic rings. The van der Waals surface area contributed by atoms with Crippen molar-refractivity contribution in [3.8, 4) is 0 Å². The van der Waals surface area contributed by atoms with E-state index in [2.05, 4.69) is 0 Å². The summed E-state index contributed by atoms with van der Waals surface area (Å²) in [5.41, 5.74) is 1.42. The lowest BCUT2D eigenvalue weighted by atomic mass is 10.0. The third-order valence-electron chi connectivity index (χ3n) is 2.46. The first-order chi connectivity index (χ1) is 5.38. The van der Waals surface area contributed by atoms with E-state index < -0.39 is 0 Å². The Bertz CT molecular complexity index is 160. The highest BCUT2D eigenvalue weighted by atomic mass is 16.5. The fraction of sp³-hybridized carbons (Fsp3) is 0.778. The molecule has 0 N–H and O–H groups in total. The Morgan fingerprint density at radius 1 is 1.36 bits per heavy atom. The molecule has 2 heterocycles. The Kier molecular flexibility index (Phi) is 1.86. The molecular weight excluding hydrogens is 140 g/mol. The molecule has 2 rings (SSSR count). The van der Waals surface area contributed by atoms with Crippen LogP contribution >= 0.6 is 0 Å². The standard InChI is InChI=1S/C9H14O2/c1-10-6-7-4-8-2-3-9(5-7)11-8/h6,8-9H,2-5H2,1H3/t8-,9+. The van der Waals surface area contributed by atoms with Gasteiger partial charge < -0.3 is 9.47 Å². The number of hydrogen-bond acceptors (Lipinski definition) is 2. The van der Waals surface area contributed by atoms with Crippen LogP contribution in [0.25, 0.3) is 0 Å². The molecule has 0 radical (unpaired) electrons. The minimum atomic E-state index is 0.496. The average molecular weight is 154 g/mol. The first-order valence-electron chi connectivity index (χ1n) is 4.24. The summed E-state index contributed by atoms with van der Waals surface area (Å²) in [6.07, 6.45) is 7.53. The van der Waals surface area contributed by atoms with Crippen LogP contribution in [0.4, 0.5) is 0 Å². The van der Waals surface area contributed by atoms with Crippen molar-refractivity contribution in [1.82, 2.24) is 0 Å². The van der Waals surface area contributed by atoms with Crippen molar-refractivity contribution >= 4 is 0 Å². The van der Waals surface area contributed by atoms with Gasteiger partial charge in [-0.25, -0.2) is 0 Å². The van der Waals surface area contributed by atoms with Crippen molar-refractivity contribution in [1.29, 1.82) is 0 Å². The van der Waals surface area contributed by atoms with Crippen molar-refractivity contribution in [3.05, 3.63) is 11.8 Å². The van der Waals surface area contributed by atoms with Crippen molar-refractivity contribution in [2.75, 3.05) is 7.11 Å². The van der Waals surface area contributed by atoms with Crippen LogP contribution in [0.5, 0.6) is 0 Å². The Morgan fingerprint density at radius 2 is 2.00 bits per heavy atom. The normalized spacial score (nSPS) is 39.5. The zero-order valence-corrected chi connectivity index (χ0v) is 6.88. The third-order valence-corrected chi connectivity index (χ3v) is 2.46. The van der Waals surface area contributed by atoms with Gasteiger partial charge in [-0.15, -0.1) is 0 Å². The summed E-state index contributed by atoms with van der Waals surface area (Å²) in [5.74, 6) is 0. The van der Waals surface area contributed by atoms with Gasteiger partial charge in [0.25, 0.3) is 0 Å². The molecule has 0 unspecified atom stereocenters. The minimum absolute atomic E-state index is 0.496. The van der Waals surface area contributed by atoms with Crippen LogP contribution in [0.2, 0.25) is 0 Å². The quantitative estimate of drug-likeness (QED) is 0.537. The van der Waals surface area contributed by atoms with E-state index in [1.54, 1.807) is 7.11 Å². The monoisotopic (exact) mass is 154 g/mol. The van der Waals surface area contributed by atoms with E-state index in [1.165, 1.54) is 18.4 Å². The molecule has 0 aromatic carbocycles. The molecule has 2 atom stereocenters. The molecule has 11 heavy (non-hydrogen) atoms. The summed E-state index contributed by atoms with van der Waals surface area (Å²) in [4.78, 5) is 0. The van der Waals surface area contributed by atoms with Crippen molar-refractivity contribution < 1.29 is 9.47 Å². The number of fused-ring (bicyclic) bond motifs is 2. The number of rotatable bonds is 1. The fourth-order valence-electron chi connectivity index (χ4n) is 2.01. The highest BCUT2D eigenvalue weighted by molar-refractivity contribution is 5.07. The van der Waals surface area contributed by atoms with E-state index in [1.807, 2.05) is 6.26 Å². The predicted molar refractivity (Wildman–Crippen MR) is 42.2 cm³/mol. The summed E-state index contributed by atoms with van der Waals surface area (Å²) in [5, 5.41) is 0. The van der Waals surface area contributed by atoms with Gasteiger partial charge in [0, 0.05) is 0 Å². The van der Waals surface area contributed by atoms with Gasteiger partial charge in [-0.1, -0.05) is 0 Å². The van der Waals surface area contributed by atoms with Crippen molar-refractivity contribution in [2.24, 2.45) is 0 Å². The van der Waals surface area contributed by atoms with Crippen LogP contribution in [0.15, 0.2) is 11.8 Å². The highest BCUT2D eigenvalue weighted by Gasteiger charge is 2.31. The number of ether oxygens (including phenoxy) is 2. The molecule has 2 heteroatoms. The topological polar surface area (TPSA) is 18.5 Å². The van der Waals surface area contributed by atoms with Gasteiger partial charge in [-0.3, -0.25) is 0 Å². The Balaban J connectivity index is 2.02. The lowest BCUT2D eigenvalue weighted by Gasteiger charge is -2.22. The van der Waals surface area contributed by atoms with Crippen molar-refractivity contribution in [3.63, 3.8) is 0 Å². The summed E-state index contributed by atoms with van der Waals surface area (Å²) in [7, 11) is 1.71. The zero-order chi connectivity index (χ0) is 7.68. The highest BCUT2D eigenvalue weighted by Crippen LogP contribution is 2.35. The molecule has 0 saturated carbocycles. The molecule has 2 nitrogen and oxygen atoms in total. The van der Waals surface area contributed by atoms with Crippen LogP contribution in [-0.4, -0.2) is 19.3 Å². The van der Waals surface area contributed by atoms with Gasteiger partial charge in [0.1, 0.15) is 0 Å². The molecule has 2 fully saturated rings. The summed E-state index contributed by atoms with van der Waals surface area (Å²) in [6.45, 7) is 0. The number of methoxy groups -OCH3 is 1. The Labute approximate surface area is 67.2 Å². The molecule has 0 aliphatic carbocycles. The first kappa shape index (κ1) is 7.17. The molecule has 0 aromatic heterocycles. The largest absolute Gasteiger partial charge is 0.504 e. The van der Waals surface area contributed by atoms with E-state index in [0.717, 1.165) is 12.8 Å². The maximum atomic E-state index is 5.68. The molecule has 2 saturated heterocycles. The second-order valence-electron chi connectivity index (χ2n) is 3.38. The fourth-order valence-corrected chi connectivity index (χ4v) is 2.01. The lowest BCUT2D eigenvalue weighted by Crippen LogP contribution is -2.19. The molecule has 0 amide bonds. The van der Waals surface area contributed by atoms with Crippen LogP contribution in [0, 0.1) is 0 Å². The summed E-state index contributed by atoms with van der Waals surface area (Å²) in [6, 6.07) is 0. The summed E-state index contributed by atoms with van der Waals surface area (Å²) < 4.78 is 10.7. The van der Waals surface area contributed by atoms with Crippen LogP contribution < -0.4 is 0 Å². The van der Waals surface area contributed by atoms with Gasteiger partial charge in [0.2, 0.25) is 0 Å². The first-order valence-corrected chi connectivity index (χ1v) is 4.24. The van der Waals surface area contributed by atoms with Gasteiger partial charge in [-0.05, 0) is 31.3 Å². The van der Waals surface area contributed by atoms with Gasteiger partial charge in [-0.2, -0.15) is 0 Å². The predicted octanol–water partition coefficient (Wildman–Crippen LogP) is 1.86. The van der Waals surface area contributed by atoms with E-state index in [-0.39, 0.29) is 0 Å². The second kappa shape index (κ2) is 2.86. The number of hydrogen-bond donors (Lipinski definition) is 0. The van der Waals surface area contributed by atoms with Crippen LogP contribution in [0.3, 0.4) is 0 Å².